The summed E-state index contributed by atoms with van der Waals surface area (Å²) in [5, 5.41) is 2.71. The van der Waals surface area contributed by atoms with Crippen LogP contribution in [0.5, 0.6) is 0 Å². The Kier molecular flexibility index (Phi) is 4.73. The summed E-state index contributed by atoms with van der Waals surface area (Å²) in [6.07, 6.45) is 0. The van der Waals surface area contributed by atoms with Crippen molar-refractivity contribution in [1.82, 2.24) is 10.2 Å². The van der Waals surface area contributed by atoms with Crippen LogP contribution in [0.3, 0.4) is 0 Å². The molecule has 0 radical (unpaired) electrons. The lowest BCUT2D eigenvalue weighted by Crippen LogP contribution is -2.53. The van der Waals surface area contributed by atoms with E-state index in [-0.39, 0.29) is 17.7 Å². The van der Waals surface area contributed by atoms with Gasteiger partial charge in [0.05, 0.1) is 13.2 Å². The number of nitrogens with zero attached hydrogens (tertiary/aromatic N) is 1. The summed E-state index contributed by atoms with van der Waals surface area (Å²) in [4.78, 5) is 24.9. The minimum Gasteiger partial charge on any atom is -0.378 e. The molecular weight excluding hydrogens is 208 g/mol. The second-order valence-corrected chi connectivity index (χ2v) is 4.36. The molecule has 0 aromatic carbocycles. The van der Waals surface area contributed by atoms with Crippen LogP contribution in [0, 0.1) is 5.92 Å². The van der Waals surface area contributed by atoms with E-state index < -0.39 is 6.04 Å². The Morgan fingerprint density at radius 2 is 1.81 bits per heavy atom. The molecule has 1 saturated heterocycles. The third-order valence-electron chi connectivity index (χ3n) is 2.61. The standard InChI is InChI=1S/C11H20N2O3/c1-8(2)10(12-9(3)14)11(15)13-4-6-16-7-5-13/h8,10H,4-7H2,1-3H3,(H,12,14)/t10-/m0/s1. The van der Waals surface area contributed by atoms with Crippen LogP contribution in [0.15, 0.2) is 0 Å². The van der Waals surface area contributed by atoms with E-state index in [9.17, 15) is 9.59 Å². The Hall–Kier alpha value is -1.10. The van der Waals surface area contributed by atoms with Crippen molar-refractivity contribution in [2.75, 3.05) is 26.3 Å². The SMILES string of the molecule is CC(=O)N[C@H](C(=O)N1CCOCC1)C(C)C. The number of rotatable bonds is 3. The zero-order valence-electron chi connectivity index (χ0n) is 10.2. The normalized spacial score (nSPS) is 18.4. The van der Waals surface area contributed by atoms with E-state index >= 15 is 0 Å². The predicted octanol–water partition coefficient (Wildman–Crippen LogP) is 0.00590. The predicted molar refractivity (Wildman–Crippen MR) is 59.8 cm³/mol. The van der Waals surface area contributed by atoms with E-state index in [1.165, 1.54) is 6.92 Å². The zero-order chi connectivity index (χ0) is 12.1. The molecule has 5 heteroatoms. The minimum atomic E-state index is -0.421. The highest BCUT2D eigenvalue weighted by Crippen LogP contribution is 2.08. The van der Waals surface area contributed by atoms with Crippen LogP contribution in [0.25, 0.3) is 0 Å². The van der Waals surface area contributed by atoms with Gasteiger partial charge >= 0.3 is 0 Å². The van der Waals surface area contributed by atoms with Crippen molar-refractivity contribution >= 4 is 11.8 Å². The maximum atomic E-state index is 12.1. The van der Waals surface area contributed by atoms with Crippen molar-refractivity contribution in [2.24, 2.45) is 5.92 Å². The maximum absolute atomic E-state index is 12.1. The van der Waals surface area contributed by atoms with E-state index in [0.717, 1.165) is 0 Å². The summed E-state index contributed by atoms with van der Waals surface area (Å²) in [7, 11) is 0. The smallest absolute Gasteiger partial charge is 0.245 e. The highest BCUT2D eigenvalue weighted by atomic mass is 16.5. The lowest BCUT2D eigenvalue weighted by Gasteiger charge is -2.32. The van der Waals surface area contributed by atoms with Crippen molar-refractivity contribution in [3.05, 3.63) is 0 Å². The number of ether oxygens (including phenoxy) is 1. The van der Waals surface area contributed by atoms with Crippen molar-refractivity contribution in [3.8, 4) is 0 Å². The molecule has 1 fully saturated rings. The molecule has 0 aromatic heterocycles. The Balaban J connectivity index is 2.61. The van der Waals surface area contributed by atoms with Gasteiger partial charge in [0.2, 0.25) is 11.8 Å². The number of carbonyl (C=O) groups excluding carboxylic acids is 2. The van der Waals surface area contributed by atoms with Crippen LogP contribution >= 0.6 is 0 Å². The topological polar surface area (TPSA) is 58.6 Å². The first-order valence-corrected chi connectivity index (χ1v) is 5.66. The summed E-state index contributed by atoms with van der Waals surface area (Å²) in [6.45, 7) is 7.68. The summed E-state index contributed by atoms with van der Waals surface area (Å²) >= 11 is 0. The number of nitrogens with one attached hydrogen (secondary N) is 1. The van der Waals surface area contributed by atoms with Gasteiger partial charge < -0.3 is 15.0 Å². The summed E-state index contributed by atoms with van der Waals surface area (Å²) in [6, 6.07) is -0.421. The quantitative estimate of drug-likeness (QED) is 0.740. The average molecular weight is 228 g/mol. The van der Waals surface area contributed by atoms with E-state index in [1.54, 1.807) is 4.90 Å². The van der Waals surface area contributed by atoms with E-state index in [0.29, 0.717) is 26.3 Å². The summed E-state index contributed by atoms with van der Waals surface area (Å²) in [5.74, 6) is -0.0759. The van der Waals surface area contributed by atoms with Gasteiger partial charge in [0.1, 0.15) is 6.04 Å². The Labute approximate surface area is 96.1 Å². The first kappa shape index (κ1) is 13.0. The molecule has 1 atom stereocenters. The van der Waals surface area contributed by atoms with Crippen LogP contribution in [0.4, 0.5) is 0 Å². The number of amides is 2. The minimum absolute atomic E-state index is 0.00602. The Morgan fingerprint density at radius 3 is 2.25 bits per heavy atom. The number of carbonyl (C=O) groups is 2. The van der Waals surface area contributed by atoms with Gasteiger partial charge in [-0.2, -0.15) is 0 Å². The maximum Gasteiger partial charge on any atom is 0.245 e. The molecule has 1 heterocycles. The molecule has 1 N–H and O–H groups in total. The monoisotopic (exact) mass is 228 g/mol. The fourth-order valence-electron chi connectivity index (χ4n) is 1.71. The van der Waals surface area contributed by atoms with Gasteiger partial charge in [0.25, 0.3) is 0 Å². The molecule has 1 aliphatic rings. The Bertz CT molecular complexity index is 260. The average Bonchev–Trinajstić information content (AvgIpc) is 2.25. The molecule has 1 rings (SSSR count). The zero-order valence-corrected chi connectivity index (χ0v) is 10.2. The van der Waals surface area contributed by atoms with Crippen molar-refractivity contribution in [3.63, 3.8) is 0 Å². The van der Waals surface area contributed by atoms with Crippen LogP contribution in [-0.2, 0) is 14.3 Å². The van der Waals surface area contributed by atoms with Crippen LogP contribution in [0.1, 0.15) is 20.8 Å². The van der Waals surface area contributed by atoms with Crippen molar-refractivity contribution < 1.29 is 14.3 Å². The van der Waals surface area contributed by atoms with Gasteiger partial charge in [0.15, 0.2) is 0 Å². The first-order valence-electron chi connectivity index (χ1n) is 5.66. The van der Waals surface area contributed by atoms with Gasteiger partial charge in [-0.1, -0.05) is 13.8 Å². The number of hydrogen-bond acceptors (Lipinski definition) is 3. The second kappa shape index (κ2) is 5.84. The van der Waals surface area contributed by atoms with Gasteiger partial charge in [-0.3, -0.25) is 9.59 Å². The van der Waals surface area contributed by atoms with Gasteiger partial charge in [-0.05, 0) is 5.92 Å². The largest absolute Gasteiger partial charge is 0.378 e. The molecule has 0 aromatic rings. The third kappa shape index (κ3) is 3.48. The van der Waals surface area contributed by atoms with Gasteiger partial charge in [0, 0.05) is 20.0 Å². The van der Waals surface area contributed by atoms with E-state index in [1.807, 2.05) is 13.8 Å². The van der Waals surface area contributed by atoms with Crippen molar-refractivity contribution in [1.29, 1.82) is 0 Å². The lowest BCUT2D eigenvalue weighted by atomic mass is 10.0. The first-order chi connectivity index (χ1) is 7.52. The van der Waals surface area contributed by atoms with E-state index in [2.05, 4.69) is 5.32 Å². The highest BCUT2D eigenvalue weighted by molar-refractivity contribution is 5.87. The van der Waals surface area contributed by atoms with Gasteiger partial charge in [-0.25, -0.2) is 0 Å². The molecule has 5 nitrogen and oxygen atoms in total. The molecule has 0 bridgehead atoms. The fourth-order valence-corrected chi connectivity index (χ4v) is 1.71. The molecule has 0 spiro atoms. The van der Waals surface area contributed by atoms with Crippen LogP contribution < -0.4 is 5.32 Å². The summed E-state index contributed by atoms with van der Waals surface area (Å²) in [5.41, 5.74) is 0. The molecule has 0 saturated carbocycles. The fraction of sp³-hybridized carbons (Fsp3) is 0.818. The number of hydrogen-bond donors (Lipinski definition) is 1. The van der Waals surface area contributed by atoms with Crippen molar-refractivity contribution in [2.45, 2.75) is 26.8 Å². The third-order valence-corrected chi connectivity index (χ3v) is 2.61. The highest BCUT2D eigenvalue weighted by Gasteiger charge is 2.28. The second-order valence-electron chi connectivity index (χ2n) is 4.36. The van der Waals surface area contributed by atoms with E-state index in [4.69, 9.17) is 4.74 Å². The van der Waals surface area contributed by atoms with Crippen LogP contribution in [0.2, 0.25) is 0 Å². The lowest BCUT2D eigenvalue weighted by molar-refractivity contribution is -0.140. The Morgan fingerprint density at radius 1 is 1.25 bits per heavy atom. The molecule has 2 amide bonds. The molecule has 0 aliphatic carbocycles. The molecule has 1 aliphatic heterocycles. The molecule has 0 unspecified atom stereocenters. The van der Waals surface area contributed by atoms with Gasteiger partial charge in [-0.15, -0.1) is 0 Å². The molecule has 16 heavy (non-hydrogen) atoms. The number of morpholine rings is 1. The van der Waals surface area contributed by atoms with Crippen LogP contribution in [-0.4, -0.2) is 49.1 Å². The molecular formula is C11H20N2O3. The summed E-state index contributed by atoms with van der Waals surface area (Å²) < 4.78 is 5.19. The molecule has 92 valence electrons.